The van der Waals surface area contributed by atoms with E-state index < -0.39 is 0 Å². The average Bonchev–Trinajstić information content (AvgIpc) is 2.60. The van der Waals surface area contributed by atoms with Crippen molar-refractivity contribution in [2.24, 2.45) is 0 Å². The third-order valence-corrected chi connectivity index (χ3v) is 3.55. The molecule has 0 aliphatic carbocycles. The molecule has 3 heteroatoms. The van der Waals surface area contributed by atoms with E-state index in [1.54, 1.807) is 0 Å². The van der Waals surface area contributed by atoms with Crippen molar-refractivity contribution in [1.29, 1.82) is 0 Å². The van der Waals surface area contributed by atoms with E-state index in [1.807, 2.05) is 12.1 Å². The van der Waals surface area contributed by atoms with Crippen LogP contribution in [0.15, 0.2) is 0 Å². The lowest BCUT2D eigenvalue weighted by Crippen LogP contribution is -2.20. The predicted molar refractivity (Wildman–Crippen MR) is 49.2 cm³/mol. The van der Waals surface area contributed by atoms with Gasteiger partial charge in [-0.1, -0.05) is 0 Å². The molecule has 0 aromatic heterocycles. The lowest BCUT2D eigenvalue weighted by molar-refractivity contribution is 0.510. The van der Waals surface area contributed by atoms with Crippen LogP contribution in [0.3, 0.4) is 0 Å². The van der Waals surface area contributed by atoms with Gasteiger partial charge in [-0.25, -0.2) is 8.61 Å². The highest BCUT2D eigenvalue weighted by molar-refractivity contribution is 7.94. The van der Waals surface area contributed by atoms with Gasteiger partial charge in [0, 0.05) is 38.3 Å². The molecule has 0 spiro atoms. The fraction of sp³-hybridized carbons (Fsp3) is 1.00. The van der Waals surface area contributed by atoms with Crippen molar-refractivity contribution in [3.05, 3.63) is 0 Å². The summed E-state index contributed by atoms with van der Waals surface area (Å²) < 4.78 is 5.01. The van der Waals surface area contributed by atoms with E-state index in [-0.39, 0.29) is 0 Å². The van der Waals surface area contributed by atoms with Gasteiger partial charge < -0.3 is 0 Å². The molecule has 0 bridgehead atoms. The maximum Gasteiger partial charge on any atom is 0.0102 e. The largest absolute Gasteiger partial charge is 0.237 e. The van der Waals surface area contributed by atoms with E-state index in [2.05, 4.69) is 8.61 Å². The lowest BCUT2D eigenvalue weighted by atomic mass is 10.4. The first-order valence-corrected chi connectivity index (χ1v) is 5.36. The first kappa shape index (κ1) is 7.90. The number of hydrogen-bond donors (Lipinski definition) is 0. The van der Waals surface area contributed by atoms with Crippen LogP contribution in [0, 0.1) is 0 Å². The van der Waals surface area contributed by atoms with Crippen LogP contribution in [0.25, 0.3) is 0 Å². The maximum absolute atomic E-state index is 2.51. The monoisotopic (exact) mass is 172 g/mol. The minimum atomic E-state index is 1.31. The molecular weight excluding hydrogens is 156 g/mol. The van der Waals surface area contributed by atoms with Crippen LogP contribution in [0.1, 0.15) is 25.7 Å². The van der Waals surface area contributed by atoms with E-state index in [1.165, 1.54) is 51.9 Å². The Balaban J connectivity index is 1.71. The summed E-state index contributed by atoms with van der Waals surface area (Å²) >= 11 is 1.98. The smallest absolute Gasteiger partial charge is 0.0102 e. The fourth-order valence-corrected chi connectivity index (χ4v) is 2.87. The van der Waals surface area contributed by atoms with Crippen molar-refractivity contribution in [3.63, 3.8) is 0 Å². The Morgan fingerprint density at radius 3 is 1.36 bits per heavy atom. The molecule has 0 atom stereocenters. The topological polar surface area (TPSA) is 6.48 Å². The molecule has 2 aliphatic rings. The SMILES string of the molecule is C1CCN(SN2CCCC2)C1. The van der Waals surface area contributed by atoms with Crippen LogP contribution in [0.5, 0.6) is 0 Å². The van der Waals surface area contributed by atoms with Gasteiger partial charge in [0.1, 0.15) is 0 Å². The number of hydrogen-bond acceptors (Lipinski definition) is 3. The molecule has 2 aliphatic heterocycles. The van der Waals surface area contributed by atoms with Crippen molar-refractivity contribution < 1.29 is 0 Å². The summed E-state index contributed by atoms with van der Waals surface area (Å²) in [5, 5.41) is 0. The van der Waals surface area contributed by atoms with Gasteiger partial charge in [-0.15, -0.1) is 0 Å². The molecule has 2 nitrogen and oxygen atoms in total. The van der Waals surface area contributed by atoms with Crippen molar-refractivity contribution >= 4 is 12.1 Å². The molecule has 0 amide bonds. The first-order valence-electron chi connectivity index (χ1n) is 4.63. The Hall–Kier alpha value is 0.270. The van der Waals surface area contributed by atoms with Crippen LogP contribution in [0.4, 0.5) is 0 Å². The number of nitrogens with zero attached hydrogens (tertiary/aromatic N) is 2. The Kier molecular flexibility index (Phi) is 2.72. The molecule has 0 aromatic rings. The molecule has 2 fully saturated rings. The molecule has 2 rings (SSSR count). The van der Waals surface area contributed by atoms with E-state index in [9.17, 15) is 0 Å². The molecule has 11 heavy (non-hydrogen) atoms. The van der Waals surface area contributed by atoms with Crippen molar-refractivity contribution in [2.45, 2.75) is 25.7 Å². The second-order valence-corrected chi connectivity index (χ2v) is 4.55. The normalized spacial score (nSPS) is 28.4. The van der Waals surface area contributed by atoms with Gasteiger partial charge in [0.2, 0.25) is 0 Å². The minimum Gasteiger partial charge on any atom is -0.237 e. The summed E-state index contributed by atoms with van der Waals surface area (Å²) in [4.78, 5) is 0. The Bertz CT molecular complexity index is 103. The summed E-state index contributed by atoms with van der Waals surface area (Å²) in [7, 11) is 0. The van der Waals surface area contributed by atoms with Crippen LogP contribution in [-0.4, -0.2) is 34.8 Å². The number of rotatable bonds is 2. The fourth-order valence-electron chi connectivity index (χ4n) is 1.70. The van der Waals surface area contributed by atoms with Crippen LogP contribution in [0.2, 0.25) is 0 Å². The summed E-state index contributed by atoms with van der Waals surface area (Å²) in [6, 6.07) is 0. The van der Waals surface area contributed by atoms with Crippen molar-refractivity contribution in [1.82, 2.24) is 8.61 Å². The van der Waals surface area contributed by atoms with Gasteiger partial charge in [-0.3, -0.25) is 0 Å². The van der Waals surface area contributed by atoms with Crippen LogP contribution in [-0.2, 0) is 0 Å². The Morgan fingerprint density at radius 2 is 1.00 bits per heavy atom. The van der Waals surface area contributed by atoms with Gasteiger partial charge in [0.05, 0.1) is 0 Å². The molecule has 0 unspecified atom stereocenters. The highest BCUT2D eigenvalue weighted by Crippen LogP contribution is 2.25. The van der Waals surface area contributed by atoms with Gasteiger partial charge in [-0.2, -0.15) is 0 Å². The molecule has 2 heterocycles. The van der Waals surface area contributed by atoms with Gasteiger partial charge in [-0.05, 0) is 25.7 Å². The van der Waals surface area contributed by atoms with Crippen molar-refractivity contribution in [2.75, 3.05) is 26.2 Å². The highest BCUT2D eigenvalue weighted by atomic mass is 32.2. The second kappa shape index (κ2) is 3.78. The zero-order valence-electron chi connectivity index (χ0n) is 6.96. The lowest BCUT2D eigenvalue weighted by Gasteiger charge is -2.20. The van der Waals surface area contributed by atoms with Crippen molar-refractivity contribution in [3.8, 4) is 0 Å². The molecule has 0 saturated carbocycles. The maximum atomic E-state index is 2.51. The van der Waals surface area contributed by atoms with Crippen LogP contribution < -0.4 is 0 Å². The molecule has 64 valence electrons. The molecule has 0 N–H and O–H groups in total. The highest BCUT2D eigenvalue weighted by Gasteiger charge is 2.18. The summed E-state index contributed by atoms with van der Waals surface area (Å²) in [5.74, 6) is 0. The van der Waals surface area contributed by atoms with Gasteiger partial charge in [0.15, 0.2) is 0 Å². The molecule has 0 radical (unpaired) electrons. The zero-order valence-corrected chi connectivity index (χ0v) is 7.78. The van der Waals surface area contributed by atoms with E-state index >= 15 is 0 Å². The van der Waals surface area contributed by atoms with Gasteiger partial charge in [0.25, 0.3) is 0 Å². The minimum absolute atomic E-state index is 1.31. The predicted octanol–water partition coefficient (Wildman–Crippen LogP) is 1.74. The zero-order chi connectivity index (χ0) is 7.52. The van der Waals surface area contributed by atoms with E-state index in [0.29, 0.717) is 0 Å². The summed E-state index contributed by atoms with van der Waals surface area (Å²) in [6.07, 6.45) is 5.61. The molecular formula is C8H16N2S. The van der Waals surface area contributed by atoms with Gasteiger partial charge >= 0.3 is 0 Å². The average molecular weight is 172 g/mol. The van der Waals surface area contributed by atoms with E-state index in [0.717, 1.165) is 0 Å². The second-order valence-electron chi connectivity index (χ2n) is 3.35. The quantitative estimate of drug-likeness (QED) is 0.586. The third-order valence-electron chi connectivity index (χ3n) is 2.36. The summed E-state index contributed by atoms with van der Waals surface area (Å²) in [5.41, 5.74) is 0. The Labute approximate surface area is 73.2 Å². The molecule has 2 saturated heterocycles. The van der Waals surface area contributed by atoms with Crippen LogP contribution >= 0.6 is 12.1 Å². The standard InChI is InChI=1S/C8H16N2S/c1-2-6-9(5-1)11-10-7-3-4-8-10/h1-8H2. The summed E-state index contributed by atoms with van der Waals surface area (Å²) in [6.45, 7) is 5.23. The Morgan fingerprint density at radius 1 is 0.636 bits per heavy atom. The first-order chi connectivity index (χ1) is 5.45. The molecule has 0 aromatic carbocycles. The van der Waals surface area contributed by atoms with E-state index in [4.69, 9.17) is 0 Å². The third kappa shape index (κ3) is 2.10.